The predicted molar refractivity (Wildman–Crippen MR) is 70.6 cm³/mol. The van der Waals surface area contributed by atoms with E-state index in [1.54, 1.807) is 0 Å². The van der Waals surface area contributed by atoms with Gasteiger partial charge < -0.3 is 10.1 Å². The van der Waals surface area contributed by atoms with Crippen LogP contribution in [0, 0.1) is 5.92 Å². The van der Waals surface area contributed by atoms with Crippen LogP contribution in [-0.4, -0.2) is 48.3 Å². The molecule has 5 nitrogen and oxygen atoms in total. The molecule has 2 unspecified atom stereocenters. The summed E-state index contributed by atoms with van der Waals surface area (Å²) < 4.78 is 42.2. The number of alkyl halides is 1. The van der Waals surface area contributed by atoms with Gasteiger partial charge in [0.2, 0.25) is 5.91 Å². The Balaban J connectivity index is 2.28. The number of carbonyl (C=O) groups excluding carboxylic acids is 3. The second kappa shape index (κ2) is 6.43. The fraction of sp³-hybridized carbons (Fsp3) is 0.500. The lowest BCUT2D eigenvalue weighted by Crippen LogP contribution is -2.59. The number of halogens is 3. The summed E-state index contributed by atoms with van der Waals surface area (Å²) >= 11 is 0. The number of aldehydes is 1. The summed E-state index contributed by atoms with van der Waals surface area (Å²) in [5.41, 5.74) is 0. The number of carbonyl (C=O) groups is 3. The molecule has 2 rings (SSSR count). The molecule has 1 aliphatic heterocycles. The number of rotatable bonds is 5. The van der Waals surface area contributed by atoms with E-state index in [1.807, 2.05) is 0 Å². The number of allylic oxidation sites excluding steroid dienone is 2. The number of nitrogens with zero attached hydrogens (tertiary/aromatic N) is 1. The minimum Gasteiger partial charge on any atom is -0.354 e. The topological polar surface area (TPSA) is 66.5 Å². The molecule has 1 aliphatic carbocycles. The molecule has 8 heteroatoms. The molecule has 1 heterocycles. The molecule has 0 bridgehead atoms. The maximum Gasteiger partial charge on any atom is 0.234 e. The highest BCUT2D eigenvalue weighted by Gasteiger charge is 2.47. The number of ketones is 1. The van der Waals surface area contributed by atoms with E-state index in [0.29, 0.717) is 18.4 Å². The first-order valence-electron chi connectivity index (χ1n) is 6.79. The molecule has 1 amide bonds. The lowest BCUT2D eigenvalue weighted by atomic mass is 9.85. The van der Waals surface area contributed by atoms with Crippen LogP contribution < -0.4 is 5.32 Å². The van der Waals surface area contributed by atoms with Crippen molar-refractivity contribution in [3.05, 3.63) is 23.8 Å². The van der Waals surface area contributed by atoms with Crippen molar-refractivity contribution in [1.29, 1.82) is 0 Å². The van der Waals surface area contributed by atoms with E-state index in [-0.39, 0.29) is 19.6 Å². The molecule has 22 heavy (non-hydrogen) atoms. The van der Waals surface area contributed by atoms with Gasteiger partial charge in [-0.15, -0.1) is 0 Å². The van der Waals surface area contributed by atoms with Crippen molar-refractivity contribution >= 4 is 18.0 Å². The van der Waals surface area contributed by atoms with Crippen molar-refractivity contribution in [2.45, 2.75) is 18.6 Å². The molecule has 1 saturated heterocycles. The monoisotopic (exact) mass is 316 g/mol. The largest absolute Gasteiger partial charge is 0.354 e. The Bertz CT molecular complexity index is 562. The van der Waals surface area contributed by atoms with Crippen molar-refractivity contribution in [1.82, 2.24) is 10.2 Å². The van der Waals surface area contributed by atoms with Crippen LogP contribution in [0.1, 0.15) is 12.8 Å². The zero-order valence-electron chi connectivity index (χ0n) is 11.7. The molecule has 1 fully saturated rings. The highest BCUT2D eigenvalue weighted by molar-refractivity contribution is 5.90. The van der Waals surface area contributed by atoms with Gasteiger partial charge in [0.05, 0.1) is 13.0 Å². The molecule has 0 radical (unpaired) electrons. The third kappa shape index (κ3) is 3.27. The molecule has 0 aromatic heterocycles. The van der Waals surface area contributed by atoms with Gasteiger partial charge in [-0.2, -0.15) is 0 Å². The van der Waals surface area contributed by atoms with Crippen LogP contribution in [-0.2, 0) is 14.4 Å². The van der Waals surface area contributed by atoms with Crippen LogP contribution >= 0.6 is 0 Å². The fourth-order valence-electron chi connectivity index (χ4n) is 2.61. The molecular formula is C14H15F3N2O3. The number of hydrogen-bond acceptors (Lipinski definition) is 4. The Labute approximate surface area is 124 Å². The van der Waals surface area contributed by atoms with Gasteiger partial charge in [0.25, 0.3) is 0 Å². The summed E-state index contributed by atoms with van der Waals surface area (Å²) in [5, 5.41) is 2.50. The predicted octanol–water partition coefficient (Wildman–Crippen LogP) is 0.969. The van der Waals surface area contributed by atoms with Crippen molar-refractivity contribution < 1.29 is 27.6 Å². The smallest absolute Gasteiger partial charge is 0.234 e. The first-order chi connectivity index (χ1) is 10.4. The quantitative estimate of drug-likeness (QED) is 0.466. The summed E-state index contributed by atoms with van der Waals surface area (Å²) in [6, 6.07) is 0. The van der Waals surface area contributed by atoms with E-state index >= 15 is 4.39 Å². The Kier molecular flexibility index (Phi) is 4.80. The minimum atomic E-state index is -2.49. The molecule has 0 saturated carbocycles. The molecule has 1 N–H and O–H groups in total. The van der Waals surface area contributed by atoms with Gasteiger partial charge in [-0.05, 0) is 6.08 Å². The maximum absolute atomic E-state index is 15.3. The van der Waals surface area contributed by atoms with E-state index in [1.165, 1.54) is 0 Å². The van der Waals surface area contributed by atoms with Crippen LogP contribution in [0.2, 0.25) is 0 Å². The summed E-state index contributed by atoms with van der Waals surface area (Å²) in [6.07, 6.45) is 0.652. The van der Waals surface area contributed by atoms with Gasteiger partial charge in [-0.1, -0.05) is 0 Å². The molecule has 0 aromatic carbocycles. The fourth-order valence-corrected chi connectivity index (χ4v) is 2.61. The molecule has 0 spiro atoms. The number of piperazine rings is 1. The Morgan fingerprint density at radius 1 is 1.45 bits per heavy atom. The van der Waals surface area contributed by atoms with E-state index in [2.05, 4.69) is 5.32 Å². The van der Waals surface area contributed by atoms with Crippen LogP contribution in [0.4, 0.5) is 13.2 Å². The zero-order chi connectivity index (χ0) is 16.3. The number of amides is 1. The van der Waals surface area contributed by atoms with Gasteiger partial charge >= 0.3 is 0 Å². The van der Waals surface area contributed by atoms with Gasteiger partial charge in [0, 0.05) is 31.5 Å². The normalized spacial score (nSPS) is 29.4. The van der Waals surface area contributed by atoms with Gasteiger partial charge in [-0.25, -0.2) is 13.2 Å². The first kappa shape index (κ1) is 16.4. The third-order valence-electron chi connectivity index (χ3n) is 3.71. The second-order valence-corrected chi connectivity index (χ2v) is 5.23. The molecule has 2 atom stereocenters. The van der Waals surface area contributed by atoms with Gasteiger partial charge in [-0.3, -0.25) is 14.5 Å². The third-order valence-corrected chi connectivity index (χ3v) is 3.71. The average Bonchev–Trinajstić information content (AvgIpc) is 2.45. The van der Waals surface area contributed by atoms with E-state index in [0.717, 1.165) is 4.90 Å². The van der Waals surface area contributed by atoms with Gasteiger partial charge in [0.15, 0.2) is 17.4 Å². The van der Waals surface area contributed by atoms with Crippen LogP contribution in [0.5, 0.6) is 0 Å². The summed E-state index contributed by atoms with van der Waals surface area (Å²) in [5.74, 6) is -7.43. The molecular weight excluding hydrogens is 301 g/mol. The summed E-state index contributed by atoms with van der Waals surface area (Å²) in [7, 11) is 0. The Morgan fingerprint density at radius 2 is 2.18 bits per heavy atom. The zero-order valence-corrected chi connectivity index (χ0v) is 11.7. The Morgan fingerprint density at radius 3 is 2.82 bits per heavy atom. The highest BCUT2D eigenvalue weighted by Crippen LogP contribution is 2.40. The molecule has 0 aromatic rings. The highest BCUT2D eigenvalue weighted by atomic mass is 19.2. The van der Waals surface area contributed by atoms with Crippen molar-refractivity contribution in [2.24, 2.45) is 5.92 Å². The number of nitrogens with one attached hydrogen (secondary N) is 1. The summed E-state index contributed by atoms with van der Waals surface area (Å²) in [6.45, 7) is -0.0604. The maximum atomic E-state index is 15.3. The first-order valence-corrected chi connectivity index (χ1v) is 6.79. The lowest BCUT2D eigenvalue weighted by molar-refractivity contribution is -0.132. The van der Waals surface area contributed by atoms with Crippen molar-refractivity contribution in [3.63, 3.8) is 0 Å². The SMILES string of the molecule is O=CCC(=O)CC1C=C(F)C(F)=CC1(F)N1CCNC(=O)C1. The Hall–Kier alpha value is -1.96. The van der Waals surface area contributed by atoms with E-state index in [9.17, 15) is 23.2 Å². The lowest BCUT2D eigenvalue weighted by Gasteiger charge is -2.42. The summed E-state index contributed by atoms with van der Waals surface area (Å²) in [4.78, 5) is 34.4. The van der Waals surface area contributed by atoms with Crippen LogP contribution in [0.25, 0.3) is 0 Å². The van der Waals surface area contributed by atoms with E-state index < -0.39 is 47.9 Å². The molecule has 120 valence electrons. The van der Waals surface area contributed by atoms with Crippen LogP contribution in [0.15, 0.2) is 23.8 Å². The second-order valence-electron chi connectivity index (χ2n) is 5.23. The van der Waals surface area contributed by atoms with Gasteiger partial charge in [0.1, 0.15) is 12.1 Å². The average molecular weight is 316 g/mol. The van der Waals surface area contributed by atoms with Crippen molar-refractivity contribution in [3.8, 4) is 0 Å². The number of hydrogen-bond donors (Lipinski definition) is 1. The molecule has 2 aliphatic rings. The minimum absolute atomic E-state index is 0.0971. The number of Topliss-reactive ketones (excluding diaryl/α,β-unsaturated/α-hetero) is 1. The van der Waals surface area contributed by atoms with Crippen LogP contribution in [0.3, 0.4) is 0 Å². The van der Waals surface area contributed by atoms with Crippen molar-refractivity contribution in [2.75, 3.05) is 19.6 Å². The standard InChI is InChI=1S/C14H15F3N2O3/c15-11-6-9(5-10(21)1-4-20)14(17,7-12(11)16)19-3-2-18-13(22)8-19/h4,6-7,9H,1-3,5,8H2,(H,18,22). The van der Waals surface area contributed by atoms with E-state index in [4.69, 9.17) is 0 Å².